The molecule has 0 aliphatic heterocycles. The molecule has 27 heavy (non-hydrogen) atoms. The van der Waals surface area contributed by atoms with Crippen molar-refractivity contribution in [2.75, 3.05) is 6.61 Å². The Morgan fingerprint density at radius 3 is 2.56 bits per heavy atom. The molecule has 0 radical (unpaired) electrons. The van der Waals surface area contributed by atoms with Crippen molar-refractivity contribution in [3.63, 3.8) is 0 Å². The van der Waals surface area contributed by atoms with Crippen molar-refractivity contribution in [2.45, 2.75) is 18.7 Å². The first-order valence-corrected chi connectivity index (χ1v) is 7.90. The highest BCUT2D eigenvalue weighted by atomic mass is 19.4. The molecule has 3 aromatic rings. The Kier molecular flexibility index (Phi) is 4.64. The van der Waals surface area contributed by atoms with Gasteiger partial charge in [-0.2, -0.15) is 13.2 Å². The van der Waals surface area contributed by atoms with E-state index >= 15 is 0 Å². The summed E-state index contributed by atoms with van der Waals surface area (Å²) in [5.41, 5.74) is -5.17. The second-order valence-corrected chi connectivity index (χ2v) is 5.66. The summed E-state index contributed by atoms with van der Waals surface area (Å²) in [5.74, 6) is -2.84. The fourth-order valence-electron chi connectivity index (χ4n) is 2.81. The Hall–Kier alpha value is -2.94. The number of hydrogen-bond acceptors (Lipinski definition) is 4. The summed E-state index contributed by atoms with van der Waals surface area (Å²) in [7, 11) is 0. The first kappa shape index (κ1) is 18.8. The lowest BCUT2D eigenvalue weighted by Gasteiger charge is -2.29. The summed E-state index contributed by atoms with van der Waals surface area (Å²) < 4.78 is 61.1. The molecule has 0 aliphatic carbocycles. The van der Waals surface area contributed by atoms with E-state index in [2.05, 4.69) is 9.72 Å². The lowest BCUT2D eigenvalue weighted by atomic mass is 9.98. The highest BCUT2D eigenvalue weighted by Crippen LogP contribution is 2.43. The quantitative estimate of drug-likeness (QED) is 0.554. The van der Waals surface area contributed by atoms with Crippen LogP contribution in [0.4, 0.5) is 17.6 Å². The summed E-state index contributed by atoms with van der Waals surface area (Å²) in [5, 5.41) is 10.5. The van der Waals surface area contributed by atoms with Crippen LogP contribution in [0.25, 0.3) is 16.7 Å². The van der Waals surface area contributed by atoms with Gasteiger partial charge in [-0.25, -0.2) is 14.2 Å². The minimum atomic E-state index is -5.42. The number of carbonyl (C=O) groups excluding carboxylic acids is 1. The number of carbonyl (C=O) groups is 1. The van der Waals surface area contributed by atoms with Gasteiger partial charge in [0.1, 0.15) is 11.6 Å². The summed E-state index contributed by atoms with van der Waals surface area (Å²) in [4.78, 5) is 16.1. The monoisotopic (exact) mass is 382 g/mol. The number of aliphatic hydroxyl groups is 1. The van der Waals surface area contributed by atoms with Crippen LogP contribution in [-0.4, -0.2) is 33.4 Å². The van der Waals surface area contributed by atoms with E-state index in [1.807, 2.05) is 0 Å². The SMILES string of the molecule is CCOC(=O)C(O)(c1cc2cccc(F)c2n1-c1ccccn1)C(F)(F)F. The number of benzene rings is 1. The van der Waals surface area contributed by atoms with Crippen LogP contribution in [0.5, 0.6) is 0 Å². The van der Waals surface area contributed by atoms with Gasteiger partial charge in [-0.15, -0.1) is 0 Å². The molecule has 3 rings (SSSR count). The number of para-hydroxylation sites is 1. The second-order valence-electron chi connectivity index (χ2n) is 5.66. The van der Waals surface area contributed by atoms with Crippen molar-refractivity contribution in [3.8, 4) is 5.82 Å². The lowest BCUT2D eigenvalue weighted by Crippen LogP contribution is -2.51. The van der Waals surface area contributed by atoms with Crippen LogP contribution in [0.1, 0.15) is 12.6 Å². The zero-order valence-electron chi connectivity index (χ0n) is 14.0. The molecular formula is C18H14F4N2O3. The number of fused-ring (bicyclic) bond motifs is 1. The number of alkyl halides is 3. The molecule has 5 nitrogen and oxygen atoms in total. The molecular weight excluding hydrogens is 368 g/mol. The third-order valence-corrected chi connectivity index (χ3v) is 4.00. The number of esters is 1. The Morgan fingerprint density at radius 2 is 1.96 bits per heavy atom. The van der Waals surface area contributed by atoms with Crippen LogP contribution in [0.15, 0.2) is 48.7 Å². The highest BCUT2D eigenvalue weighted by molar-refractivity contribution is 5.89. The van der Waals surface area contributed by atoms with E-state index in [9.17, 15) is 27.5 Å². The van der Waals surface area contributed by atoms with Gasteiger partial charge in [0, 0.05) is 11.6 Å². The number of nitrogens with zero attached hydrogens (tertiary/aromatic N) is 2. The van der Waals surface area contributed by atoms with E-state index in [0.717, 1.165) is 16.7 Å². The molecule has 2 heterocycles. The maximum atomic E-state index is 14.5. The minimum Gasteiger partial charge on any atom is -0.463 e. The van der Waals surface area contributed by atoms with E-state index in [1.54, 1.807) is 0 Å². The van der Waals surface area contributed by atoms with Crippen LogP contribution in [0, 0.1) is 5.82 Å². The van der Waals surface area contributed by atoms with Crippen molar-refractivity contribution in [2.24, 2.45) is 0 Å². The molecule has 1 atom stereocenters. The Balaban J connectivity index is 2.43. The van der Waals surface area contributed by atoms with Crippen LogP contribution < -0.4 is 0 Å². The fraction of sp³-hybridized carbons (Fsp3) is 0.222. The summed E-state index contributed by atoms with van der Waals surface area (Å²) in [6.45, 7) is 0.929. The maximum absolute atomic E-state index is 14.5. The first-order valence-electron chi connectivity index (χ1n) is 7.90. The normalized spacial score (nSPS) is 14.1. The van der Waals surface area contributed by atoms with Gasteiger partial charge in [0.05, 0.1) is 17.8 Å². The number of aromatic nitrogens is 2. The van der Waals surface area contributed by atoms with E-state index in [1.165, 1.54) is 43.5 Å². The van der Waals surface area contributed by atoms with Crippen LogP contribution in [-0.2, 0) is 15.1 Å². The molecule has 1 N–H and O–H groups in total. The van der Waals surface area contributed by atoms with Gasteiger partial charge in [-0.3, -0.25) is 4.57 Å². The third-order valence-electron chi connectivity index (χ3n) is 4.00. The first-order chi connectivity index (χ1) is 12.7. The maximum Gasteiger partial charge on any atom is 0.434 e. The average molecular weight is 382 g/mol. The summed E-state index contributed by atoms with van der Waals surface area (Å²) >= 11 is 0. The average Bonchev–Trinajstić information content (AvgIpc) is 3.02. The fourth-order valence-corrected chi connectivity index (χ4v) is 2.81. The number of ether oxygens (including phenoxy) is 1. The smallest absolute Gasteiger partial charge is 0.434 e. The molecule has 2 aromatic heterocycles. The zero-order chi connectivity index (χ0) is 19.8. The van der Waals surface area contributed by atoms with Gasteiger partial charge >= 0.3 is 12.1 Å². The van der Waals surface area contributed by atoms with Gasteiger partial charge in [0.2, 0.25) is 0 Å². The van der Waals surface area contributed by atoms with Gasteiger partial charge < -0.3 is 9.84 Å². The number of rotatable bonds is 4. The summed E-state index contributed by atoms with van der Waals surface area (Å²) in [6.07, 6.45) is -4.13. The topological polar surface area (TPSA) is 64.3 Å². The molecule has 0 bridgehead atoms. The molecule has 0 aliphatic rings. The van der Waals surface area contributed by atoms with Crippen LogP contribution >= 0.6 is 0 Å². The predicted octanol–water partition coefficient (Wildman–Crippen LogP) is 3.48. The molecule has 9 heteroatoms. The molecule has 0 fully saturated rings. The standard InChI is InChI=1S/C18H14F4N2O3/c1-2-27-16(25)17(26,18(20,21)22)13-10-11-6-5-7-12(19)15(11)24(13)14-8-3-4-9-23-14/h3-10,26H,2H2,1H3. The van der Waals surface area contributed by atoms with Crippen molar-refractivity contribution in [3.05, 3.63) is 60.2 Å². The molecule has 142 valence electrons. The van der Waals surface area contributed by atoms with E-state index in [4.69, 9.17) is 0 Å². The Morgan fingerprint density at radius 1 is 1.22 bits per heavy atom. The zero-order valence-corrected chi connectivity index (χ0v) is 14.0. The van der Waals surface area contributed by atoms with Crippen molar-refractivity contribution < 1.29 is 32.2 Å². The van der Waals surface area contributed by atoms with Crippen molar-refractivity contribution in [1.82, 2.24) is 9.55 Å². The van der Waals surface area contributed by atoms with Gasteiger partial charge in [-0.1, -0.05) is 18.2 Å². The van der Waals surface area contributed by atoms with E-state index < -0.39 is 29.3 Å². The van der Waals surface area contributed by atoms with E-state index in [-0.39, 0.29) is 23.3 Å². The molecule has 1 aromatic carbocycles. The second kappa shape index (κ2) is 6.66. The largest absolute Gasteiger partial charge is 0.463 e. The van der Waals surface area contributed by atoms with Gasteiger partial charge in [0.15, 0.2) is 0 Å². The van der Waals surface area contributed by atoms with Crippen LogP contribution in [0.2, 0.25) is 0 Å². The van der Waals surface area contributed by atoms with Crippen molar-refractivity contribution >= 4 is 16.9 Å². The molecule has 0 amide bonds. The Labute approximate surface area is 150 Å². The summed E-state index contributed by atoms with van der Waals surface area (Å²) in [6, 6.07) is 8.96. The van der Waals surface area contributed by atoms with Gasteiger partial charge in [0.25, 0.3) is 5.60 Å². The predicted molar refractivity (Wildman–Crippen MR) is 87.6 cm³/mol. The van der Waals surface area contributed by atoms with Gasteiger partial charge in [-0.05, 0) is 31.2 Å². The van der Waals surface area contributed by atoms with E-state index in [0.29, 0.717) is 0 Å². The number of hydrogen-bond donors (Lipinski definition) is 1. The van der Waals surface area contributed by atoms with Crippen molar-refractivity contribution in [1.29, 1.82) is 0 Å². The number of halogens is 4. The molecule has 0 saturated carbocycles. The Bertz CT molecular complexity index is 985. The third kappa shape index (κ3) is 2.93. The highest BCUT2D eigenvalue weighted by Gasteiger charge is 2.64. The number of pyridine rings is 1. The molecule has 0 spiro atoms. The van der Waals surface area contributed by atoms with Crippen LogP contribution in [0.3, 0.4) is 0 Å². The molecule has 1 unspecified atom stereocenters. The minimum absolute atomic E-state index is 0.0580. The lowest BCUT2D eigenvalue weighted by molar-refractivity contribution is -0.269. The molecule has 0 saturated heterocycles.